The second-order valence-corrected chi connectivity index (χ2v) is 4.74. The maximum Gasteiger partial charge on any atom is 0.251 e. The van der Waals surface area contributed by atoms with Gasteiger partial charge in [0.15, 0.2) is 0 Å². The van der Waals surface area contributed by atoms with Crippen molar-refractivity contribution in [3.63, 3.8) is 0 Å². The molecule has 17 heavy (non-hydrogen) atoms. The first-order valence-electron chi connectivity index (χ1n) is 5.13. The minimum atomic E-state index is -0.413. The van der Waals surface area contributed by atoms with Crippen molar-refractivity contribution < 1.29 is 9.18 Å². The van der Waals surface area contributed by atoms with Crippen molar-refractivity contribution >= 4 is 34.2 Å². The molecular weight excluding hydrogens is 310 g/mol. The number of carbonyl (C=O) groups is 1. The van der Waals surface area contributed by atoms with E-state index >= 15 is 0 Å². The second kappa shape index (κ2) is 6.33. The quantitative estimate of drug-likeness (QED) is 0.875. The Morgan fingerprint density at radius 1 is 1.47 bits per heavy atom. The molecule has 0 bridgehead atoms. The first kappa shape index (κ1) is 14.4. The zero-order valence-corrected chi connectivity index (χ0v) is 11.4. The van der Waals surface area contributed by atoms with E-state index in [0.717, 1.165) is 19.5 Å². The molecule has 1 amide bonds. The van der Waals surface area contributed by atoms with Crippen LogP contribution in [0.1, 0.15) is 16.8 Å². The van der Waals surface area contributed by atoms with E-state index in [2.05, 4.69) is 26.6 Å². The number of halogens is 3. The van der Waals surface area contributed by atoms with Crippen LogP contribution in [-0.4, -0.2) is 25.0 Å². The van der Waals surface area contributed by atoms with Crippen molar-refractivity contribution in [2.75, 3.05) is 13.1 Å². The zero-order valence-electron chi connectivity index (χ0n) is 9.00. The summed E-state index contributed by atoms with van der Waals surface area (Å²) in [5.74, 6) is -0.641. The maximum atomic E-state index is 13.1. The Balaban J connectivity index is 0.00000144. The number of amides is 1. The van der Waals surface area contributed by atoms with Crippen LogP contribution in [0.5, 0.6) is 0 Å². The molecule has 0 aromatic heterocycles. The second-order valence-electron chi connectivity index (χ2n) is 3.82. The molecule has 3 nitrogen and oxygen atoms in total. The maximum absolute atomic E-state index is 13.1. The summed E-state index contributed by atoms with van der Waals surface area (Å²) in [6.07, 6.45) is 0.919. The van der Waals surface area contributed by atoms with Gasteiger partial charge in [0.2, 0.25) is 0 Å². The average molecular weight is 324 g/mol. The van der Waals surface area contributed by atoms with Gasteiger partial charge in [0.05, 0.1) is 0 Å². The van der Waals surface area contributed by atoms with E-state index in [0.29, 0.717) is 10.0 Å². The Labute approximate surface area is 114 Å². The van der Waals surface area contributed by atoms with Crippen LogP contribution in [0, 0.1) is 5.82 Å². The van der Waals surface area contributed by atoms with Crippen LogP contribution in [0.4, 0.5) is 4.39 Å². The molecule has 1 unspecified atom stereocenters. The van der Waals surface area contributed by atoms with Gasteiger partial charge in [-0.3, -0.25) is 4.79 Å². The lowest BCUT2D eigenvalue weighted by atomic mass is 10.2. The normalized spacial score (nSPS) is 18.6. The van der Waals surface area contributed by atoms with Gasteiger partial charge in [-0.15, -0.1) is 12.4 Å². The molecule has 2 N–H and O–H groups in total. The summed E-state index contributed by atoms with van der Waals surface area (Å²) in [5, 5.41) is 6.01. The van der Waals surface area contributed by atoms with Gasteiger partial charge < -0.3 is 10.6 Å². The standard InChI is InChI=1S/C11H12BrFN2O.ClH/c12-8-3-7(4-9(13)5-8)11(16)15-10-1-2-14-6-10;/h3-5,10,14H,1-2,6H2,(H,15,16);1H. The van der Waals surface area contributed by atoms with Gasteiger partial charge in [0.25, 0.3) is 5.91 Å². The van der Waals surface area contributed by atoms with Crippen molar-refractivity contribution in [1.82, 2.24) is 10.6 Å². The largest absolute Gasteiger partial charge is 0.348 e. The molecule has 1 aliphatic heterocycles. The number of carbonyl (C=O) groups excluding carboxylic acids is 1. The third-order valence-corrected chi connectivity index (χ3v) is 2.98. The van der Waals surface area contributed by atoms with Crippen molar-refractivity contribution in [2.24, 2.45) is 0 Å². The lowest BCUT2D eigenvalue weighted by molar-refractivity contribution is 0.0939. The molecule has 0 radical (unpaired) electrons. The fourth-order valence-corrected chi connectivity index (χ4v) is 2.20. The number of rotatable bonds is 2. The number of nitrogens with one attached hydrogen (secondary N) is 2. The summed E-state index contributed by atoms with van der Waals surface area (Å²) >= 11 is 3.16. The lowest BCUT2D eigenvalue weighted by Gasteiger charge is -2.11. The van der Waals surface area contributed by atoms with E-state index in [1.54, 1.807) is 6.07 Å². The lowest BCUT2D eigenvalue weighted by Crippen LogP contribution is -2.36. The number of hydrogen-bond acceptors (Lipinski definition) is 2. The first-order chi connectivity index (χ1) is 7.65. The highest BCUT2D eigenvalue weighted by Crippen LogP contribution is 2.15. The summed E-state index contributed by atoms with van der Waals surface area (Å²) in [7, 11) is 0. The molecule has 1 heterocycles. The Bertz CT molecular complexity index is 390. The van der Waals surface area contributed by atoms with Crippen molar-refractivity contribution in [2.45, 2.75) is 12.5 Å². The van der Waals surface area contributed by atoms with Gasteiger partial charge in [-0.2, -0.15) is 0 Å². The van der Waals surface area contributed by atoms with Gasteiger partial charge >= 0.3 is 0 Å². The molecule has 1 saturated heterocycles. The van der Waals surface area contributed by atoms with Crippen molar-refractivity contribution in [1.29, 1.82) is 0 Å². The molecule has 1 aromatic rings. The third-order valence-electron chi connectivity index (χ3n) is 2.52. The van der Waals surface area contributed by atoms with Crippen LogP contribution < -0.4 is 10.6 Å². The van der Waals surface area contributed by atoms with E-state index in [4.69, 9.17) is 0 Å². The summed E-state index contributed by atoms with van der Waals surface area (Å²) in [5.41, 5.74) is 0.346. The van der Waals surface area contributed by atoms with Gasteiger partial charge in [0.1, 0.15) is 5.82 Å². The Morgan fingerprint density at radius 2 is 2.24 bits per heavy atom. The van der Waals surface area contributed by atoms with E-state index in [1.807, 2.05) is 0 Å². The Hall–Kier alpha value is -0.650. The highest BCUT2D eigenvalue weighted by molar-refractivity contribution is 9.10. The molecule has 2 rings (SSSR count). The first-order valence-corrected chi connectivity index (χ1v) is 5.92. The minimum Gasteiger partial charge on any atom is -0.348 e. The molecule has 0 saturated carbocycles. The zero-order chi connectivity index (χ0) is 11.5. The molecule has 0 spiro atoms. The monoisotopic (exact) mass is 322 g/mol. The number of benzene rings is 1. The summed E-state index contributed by atoms with van der Waals surface area (Å²) in [6, 6.07) is 4.33. The molecule has 0 aliphatic carbocycles. The molecule has 1 aromatic carbocycles. The van der Waals surface area contributed by atoms with E-state index < -0.39 is 5.82 Å². The molecule has 6 heteroatoms. The van der Waals surface area contributed by atoms with Crippen LogP contribution in [-0.2, 0) is 0 Å². The molecule has 1 fully saturated rings. The van der Waals surface area contributed by atoms with E-state index in [-0.39, 0.29) is 24.4 Å². The smallest absolute Gasteiger partial charge is 0.251 e. The van der Waals surface area contributed by atoms with Gasteiger partial charge in [-0.05, 0) is 31.2 Å². The van der Waals surface area contributed by atoms with Crippen LogP contribution in [0.2, 0.25) is 0 Å². The highest BCUT2D eigenvalue weighted by atomic mass is 79.9. The Kier molecular flexibility index (Phi) is 5.36. The predicted octanol–water partition coefficient (Wildman–Crippen LogP) is 2.10. The van der Waals surface area contributed by atoms with Crippen LogP contribution >= 0.6 is 28.3 Å². The minimum absolute atomic E-state index is 0. The van der Waals surface area contributed by atoms with Gasteiger partial charge in [0, 0.05) is 22.6 Å². The van der Waals surface area contributed by atoms with Gasteiger partial charge in [-0.1, -0.05) is 15.9 Å². The summed E-state index contributed by atoms with van der Waals surface area (Å²) < 4.78 is 13.7. The highest BCUT2D eigenvalue weighted by Gasteiger charge is 2.17. The van der Waals surface area contributed by atoms with Gasteiger partial charge in [-0.25, -0.2) is 4.39 Å². The molecule has 94 valence electrons. The molecule has 1 atom stereocenters. The topological polar surface area (TPSA) is 41.1 Å². The molecule has 1 aliphatic rings. The Morgan fingerprint density at radius 3 is 2.82 bits per heavy atom. The van der Waals surface area contributed by atoms with Crippen LogP contribution in [0.15, 0.2) is 22.7 Å². The van der Waals surface area contributed by atoms with Crippen LogP contribution in [0.3, 0.4) is 0 Å². The third kappa shape index (κ3) is 3.94. The summed E-state index contributed by atoms with van der Waals surface area (Å²) in [4.78, 5) is 11.8. The SMILES string of the molecule is Cl.O=C(NC1CCNC1)c1cc(F)cc(Br)c1. The van der Waals surface area contributed by atoms with Crippen molar-refractivity contribution in [3.05, 3.63) is 34.1 Å². The summed E-state index contributed by atoms with van der Waals surface area (Å²) in [6.45, 7) is 1.69. The number of hydrogen-bond donors (Lipinski definition) is 2. The van der Waals surface area contributed by atoms with E-state index in [1.165, 1.54) is 12.1 Å². The van der Waals surface area contributed by atoms with E-state index in [9.17, 15) is 9.18 Å². The fraction of sp³-hybridized carbons (Fsp3) is 0.364. The van der Waals surface area contributed by atoms with Crippen LogP contribution in [0.25, 0.3) is 0 Å². The molecular formula is C11H13BrClFN2O. The van der Waals surface area contributed by atoms with Crippen molar-refractivity contribution in [3.8, 4) is 0 Å². The fourth-order valence-electron chi connectivity index (χ4n) is 1.73. The average Bonchev–Trinajstić information content (AvgIpc) is 2.68. The predicted molar refractivity (Wildman–Crippen MR) is 70.1 cm³/mol.